The molecule has 0 bridgehead atoms. The Hall–Kier alpha value is -1.46. The molecule has 6 nitrogen and oxygen atoms in total. The maximum absolute atomic E-state index is 12.4. The second kappa shape index (κ2) is 23.9. The van der Waals surface area contributed by atoms with E-state index >= 15 is 0 Å². The first-order valence-corrected chi connectivity index (χ1v) is 15.8. The van der Waals surface area contributed by atoms with Crippen molar-refractivity contribution in [3.8, 4) is 0 Å². The van der Waals surface area contributed by atoms with Crippen LogP contribution < -0.4 is 21.3 Å². The van der Waals surface area contributed by atoms with Crippen LogP contribution in [0.4, 0.5) is 9.59 Å². The number of rotatable bonds is 22. The molecule has 2 atom stereocenters. The van der Waals surface area contributed by atoms with Crippen LogP contribution in [0.3, 0.4) is 0 Å². The molecule has 0 aromatic rings. The average molecular weight is 509 g/mol. The minimum absolute atomic E-state index is 0.0142. The molecule has 4 amide bonds. The molecule has 0 heterocycles. The van der Waals surface area contributed by atoms with Crippen LogP contribution in [-0.2, 0) is 0 Å². The van der Waals surface area contributed by atoms with Crippen LogP contribution in [-0.4, -0.2) is 37.2 Å². The summed E-state index contributed by atoms with van der Waals surface area (Å²) in [5, 5.41) is 12.3. The highest BCUT2D eigenvalue weighted by Crippen LogP contribution is 2.18. The van der Waals surface area contributed by atoms with Crippen LogP contribution >= 0.6 is 0 Å². The van der Waals surface area contributed by atoms with E-state index in [1.807, 2.05) is 0 Å². The summed E-state index contributed by atoms with van der Waals surface area (Å²) < 4.78 is 0. The Bertz CT molecular complexity index is 483. The van der Waals surface area contributed by atoms with Gasteiger partial charge in [0.25, 0.3) is 0 Å². The topological polar surface area (TPSA) is 82.3 Å². The minimum atomic E-state index is -0.0941. The highest BCUT2D eigenvalue weighted by molar-refractivity contribution is 5.75. The van der Waals surface area contributed by atoms with Crippen molar-refractivity contribution in [3.63, 3.8) is 0 Å². The summed E-state index contributed by atoms with van der Waals surface area (Å²) in [6.07, 6.45) is 27.1. The van der Waals surface area contributed by atoms with Crippen molar-refractivity contribution in [1.29, 1.82) is 0 Å². The second-order valence-electron chi connectivity index (χ2n) is 11.0. The Morgan fingerprint density at radius 3 is 1.14 bits per heavy atom. The minimum Gasteiger partial charge on any atom is -0.338 e. The van der Waals surface area contributed by atoms with E-state index in [4.69, 9.17) is 0 Å². The zero-order chi connectivity index (χ0) is 26.1. The fourth-order valence-electron chi connectivity index (χ4n) is 5.19. The van der Waals surface area contributed by atoms with Gasteiger partial charge < -0.3 is 21.3 Å². The van der Waals surface area contributed by atoms with E-state index in [1.165, 1.54) is 103 Å². The SMILES string of the molecule is CCCCCCCCCCCNC(=O)N[C@@H]1CCCC[C@H]1NC(=O)NCCCCCCCCCCC. The summed E-state index contributed by atoms with van der Waals surface area (Å²) in [7, 11) is 0. The van der Waals surface area contributed by atoms with Gasteiger partial charge >= 0.3 is 12.1 Å². The number of carbonyl (C=O) groups is 2. The molecule has 212 valence electrons. The summed E-state index contributed by atoms with van der Waals surface area (Å²) in [4.78, 5) is 24.8. The van der Waals surface area contributed by atoms with E-state index in [-0.39, 0.29) is 24.1 Å². The molecule has 1 fully saturated rings. The van der Waals surface area contributed by atoms with Gasteiger partial charge in [-0.25, -0.2) is 9.59 Å². The van der Waals surface area contributed by atoms with Crippen molar-refractivity contribution in [2.75, 3.05) is 13.1 Å². The molecule has 6 heteroatoms. The van der Waals surface area contributed by atoms with Crippen LogP contribution in [0.15, 0.2) is 0 Å². The Morgan fingerprint density at radius 2 is 0.806 bits per heavy atom. The molecule has 36 heavy (non-hydrogen) atoms. The summed E-state index contributed by atoms with van der Waals surface area (Å²) >= 11 is 0. The molecule has 0 aromatic carbocycles. The molecule has 1 aliphatic rings. The van der Waals surface area contributed by atoms with Gasteiger partial charge in [0.1, 0.15) is 0 Å². The molecule has 0 spiro atoms. The molecular weight excluding hydrogens is 448 g/mol. The lowest BCUT2D eigenvalue weighted by atomic mass is 9.90. The smallest absolute Gasteiger partial charge is 0.315 e. The zero-order valence-electron chi connectivity index (χ0n) is 23.9. The molecular formula is C30H60N4O2. The molecule has 0 saturated heterocycles. The largest absolute Gasteiger partial charge is 0.338 e. The lowest BCUT2D eigenvalue weighted by Gasteiger charge is -2.32. The molecule has 0 radical (unpaired) electrons. The van der Waals surface area contributed by atoms with Gasteiger partial charge in [-0.1, -0.05) is 129 Å². The fourth-order valence-corrected chi connectivity index (χ4v) is 5.19. The third kappa shape index (κ3) is 18.8. The third-order valence-electron chi connectivity index (χ3n) is 7.53. The number of unbranched alkanes of at least 4 members (excludes halogenated alkanes) is 16. The van der Waals surface area contributed by atoms with Gasteiger partial charge in [0, 0.05) is 13.1 Å². The van der Waals surface area contributed by atoms with Gasteiger partial charge in [-0.3, -0.25) is 0 Å². The lowest BCUT2D eigenvalue weighted by Crippen LogP contribution is -2.56. The van der Waals surface area contributed by atoms with E-state index in [2.05, 4.69) is 35.1 Å². The normalized spacial score (nSPS) is 17.5. The molecule has 1 rings (SSSR count). The average Bonchev–Trinajstić information content (AvgIpc) is 2.87. The molecule has 1 saturated carbocycles. The summed E-state index contributed by atoms with van der Waals surface area (Å²) in [6, 6.07) is -0.160. The fraction of sp³-hybridized carbons (Fsp3) is 0.933. The molecule has 0 aliphatic heterocycles. The first-order valence-electron chi connectivity index (χ1n) is 15.8. The second-order valence-corrected chi connectivity index (χ2v) is 11.0. The highest BCUT2D eigenvalue weighted by Gasteiger charge is 2.27. The predicted molar refractivity (Wildman–Crippen MR) is 154 cm³/mol. The van der Waals surface area contributed by atoms with E-state index in [9.17, 15) is 9.59 Å². The van der Waals surface area contributed by atoms with E-state index in [1.54, 1.807) is 0 Å². The number of carbonyl (C=O) groups excluding carboxylic acids is 2. The summed E-state index contributed by atoms with van der Waals surface area (Å²) in [5.41, 5.74) is 0. The van der Waals surface area contributed by atoms with Crippen molar-refractivity contribution in [2.45, 2.75) is 167 Å². The van der Waals surface area contributed by atoms with Crippen molar-refractivity contribution in [3.05, 3.63) is 0 Å². The van der Waals surface area contributed by atoms with Gasteiger partial charge in [0.15, 0.2) is 0 Å². The van der Waals surface area contributed by atoms with Crippen molar-refractivity contribution < 1.29 is 9.59 Å². The Balaban J connectivity index is 2.07. The maximum Gasteiger partial charge on any atom is 0.315 e. The zero-order valence-corrected chi connectivity index (χ0v) is 23.9. The van der Waals surface area contributed by atoms with Gasteiger partial charge in [-0.2, -0.15) is 0 Å². The van der Waals surface area contributed by atoms with Gasteiger partial charge in [-0.05, 0) is 25.7 Å². The summed E-state index contributed by atoms with van der Waals surface area (Å²) in [5.74, 6) is 0. The molecule has 4 N–H and O–H groups in total. The predicted octanol–water partition coefficient (Wildman–Crippen LogP) is 7.96. The Labute approximate surface area is 223 Å². The molecule has 1 aliphatic carbocycles. The number of hydrogen-bond acceptors (Lipinski definition) is 2. The van der Waals surface area contributed by atoms with E-state index < -0.39 is 0 Å². The number of nitrogens with one attached hydrogen (secondary N) is 4. The van der Waals surface area contributed by atoms with Crippen molar-refractivity contribution in [2.24, 2.45) is 0 Å². The number of hydrogen-bond donors (Lipinski definition) is 4. The number of urea groups is 2. The first-order chi connectivity index (χ1) is 17.7. The quantitative estimate of drug-likeness (QED) is 0.112. The molecule has 0 aromatic heterocycles. The van der Waals surface area contributed by atoms with Crippen LogP contribution in [0.5, 0.6) is 0 Å². The van der Waals surface area contributed by atoms with Crippen LogP contribution in [0, 0.1) is 0 Å². The van der Waals surface area contributed by atoms with Crippen LogP contribution in [0.2, 0.25) is 0 Å². The van der Waals surface area contributed by atoms with Crippen molar-refractivity contribution in [1.82, 2.24) is 21.3 Å². The maximum atomic E-state index is 12.4. The van der Waals surface area contributed by atoms with Crippen LogP contribution in [0.1, 0.15) is 155 Å². The lowest BCUT2D eigenvalue weighted by molar-refractivity contribution is 0.213. The van der Waals surface area contributed by atoms with E-state index in [0.717, 1.165) is 51.6 Å². The van der Waals surface area contributed by atoms with Gasteiger partial charge in [0.2, 0.25) is 0 Å². The Morgan fingerprint density at radius 1 is 0.500 bits per heavy atom. The third-order valence-corrected chi connectivity index (χ3v) is 7.53. The highest BCUT2D eigenvalue weighted by atomic mass is 16.2. The monoisotopic (exact) mass is 508 g/mol. The first kappa shape index (κ1) is 32.6. The van der Waals surface area contributed by atoms with Gasteiger partial charge in [-0.15, -0.1) is 0 Å². The van der Waals surface area contributed by atoms with E-state index in [0.29, 0.717) is 0 Å². The molecule has 0 unspecified atom stereocenters. The number of amides is 4. The standard InChI is InChI=1S/C30H60N4O2/c1-3-5-7-9-11-13-15-17-21-25-31-29(35)33-27-23-19-20-24-28(27)34-30(36)32-26-22-18-16-14-12-10-8-6-4-2/h27-28H,3-26H2,1-2H3,(H2,31,33,35)(H2,32,34,36)/t27-,28-/m1/s1. The van der Waals surface area contributed by atoms with Crippen LogP contribution in [0.25, 0.3) is 0 Å². The van der Waals surface area contributed by atoms with Gasteiger partial charge in [0.05, 0.1) is 12.1 Å². The van der Waals surface area contributed by atoms with Crippen molar-refractivity contribution >= 4 is 12.1 Å². The summed E-state index contributed by atoms with van der Waals surface area (Å²) in [6.45, 7) is 5.97. The Kier molecular flexibility index (Phi) is 21.6.